The van der Waals surface area contributed by atoms with Gasteiger partial charge in [-0.25, -0.2) is 0 Å². The molecule has 0 saturated carbocycles. The summed E-state index contributed by atoms with van der Waals surface area (Å²) in [6, 6.07) is 58.7. The molecular weight excluding hydrogens is 782 g/mol. The predicted molar refractivity (Wildman–Crippen MR) is 181 cm³/mol. The van der Waals surface area contributed by atoms with Gasteiger partial charge < -0.3 is 24.8 Å². The summed E-state index contributed by atoms with van der Waals surface area (Å²) in [5.74, 6) is 0. The van der Waals surface area contributed by atoms with Crippen molar-refractivity contribution in [1.29, 1.82) is 0 Å². The van der Waals surface area contributed by atoms with Gasteiger partial charge in [0, 0.05) is 0 Å². The van der Waals surface area contributed by atoms with Crippen molar-refractivity contribution in [2.75, 3.05) is 0 Å². The second kappa shape index (κ2) is 11.8. The number of halogens is 2. The van der Waals surface area contributed by atoms with Crippen LogP contribution >= 0.6 is 0 Å². The molecule has 0 saturated heterocycles. The van der Waals surface area contributed by atoms with Gasteiger partial charge in [0.1, 0.15) is 0 Å². The van der Waals surface area contributed by atoms with Crippen LogP contribution in [-0.4, -0.2) is 9.13 Å². The Balaban J connectivity index is 0.00000162. The summed E-state index contributed by atoms with van der Waals surface area (Å²) in [4.78, 5) is 0. The number of benzene rings is 6. The number of fused-ring (bicyclic) bond motifs is 10. The minimum absolute atomic E-state index is 0. The molecule has 0 amide bonds. The standard InChI is InChI=1S/2C21H14N.2ClH.Hf/c2*1-2-9-16(10-3-1)22-19-13-7-6-12-18(19)21-17-11-5-4-8-15(17)14-20(21)22;;;/h2*1-14H;2*1H;/q;;;;+2/p-2. The van der Waals surface area contributed by atoms with Crippen LogP contribution in [0, 0.1) is 0 Å². The zero-order chi connectivity index (χ0) is 29.5. The van der Waals surface area contributed by atoms with Crippen LogP contribution in [0.4, 0.5) is 0 Å². The van der Waals surface area contributed by atoms with E-state index in [1.165, 1.54) is 77.9 Å². The van der Waals surface area contributed by atoms with Crippen LogP contribution in [0.1, 0.15) is 29.9 Å². The van der Waals surface area contributed by atoms with E-state index in [9.17, 15) is 0 Å². The van der Waals surface area contributed by atoms with Crippen molar-refractivity contribution in [1.82, 2.24) is 9.13 Å². The van der Waals surface area contributed by atoms with Crippen LogP contribution in [0.2, 0.25) is 0 Å². The molecule has 0 aliphatic heterocycles. The fraction of sp³-hybridized carbons (Fsp3) is 0.0476. The summed E-state index contributed by atoms with van der Waals surface area (Å²) in [7, 11) is 0. The van der Waals surface area contributed by atoms with Crippen LogP contribution in [0.15, 0.2) is 158 Å². The van der Waals surface area contributed by atoms with Gasteiger partial charge in [0.15, 0.2) is 0 Å². The molecule has 6 aromatic carbocycles. The molecule has 0 fully saturated rings. The fourth-order valence-corrected chi connectivity index (χ4v) is 15.5. The quantitative estimate of drug-likeness (QED) is 0.232. The number of aromatic nitrogens is 2. The monoisotopic (exact) mass is 810 g/mol. The Morgan fingerprint density at radius 2 is 0.745 bits per heavy atom. The number of para-hydroxylation sites is 4. The van der Waals surface area contributed by atoms with E-state index in [4.69, 9.17) is 0 Å². The van der Waals surface area contributed by atoms with Crippen LogP contribution < -0.4 is 24.8 Å². The van der Waals surface area contributed by atoms with Gasteiger partial charge in [-0.1, -0.05) is 0 Å². The topological polar surface area (TPSA) is 9.86 Å². The number of rotatable bonds is 4. The molecule has 5 heteroatoms. The molecule has 2 aliphatic rings. The van der Waals surface area contributed by atoms with E-state index >= 15 is 0 Å². The molecule has 0 bridgehead atoms. The zero-order valence-corrected chi connectivity index (χ0v) is 30.4. The van der Waals surface area contributed by atoms with Gasteiger partial charge in [0.2, 0.25) is 0 Å². The Labute approximate surface area is 297 Å². The first kappa shape index (κ1) is 30.2. The Bertz CT molecular complexity index is 2230. The molecule has 2 aromatic heterocycles. The molecule has 2 unspecified atom stereocenters. The first-order chi connectivity index (χ1) is 22.4. The van der Waals surface area contributed by atoms with E-state index in [1.807, 2.05) is 0 Å². The number of hydrogen-bond donors (Lipinski definition) is 0. The van der Waals surface area contributed by atoms with Crippen molar-refractivity contribution in [3.8, 4) is 33.6 Å². The number of nitrogens with zero attached hydrogens (tertiary/aromatic N) is 2. The van der Waals surface area contributed by atoms with E-state index in [0.717, 1.165) is 0 Å². The van der Waals surface area contributed by atoms with E-state index in [-0.39, 0.29) is 24.8 Å². The fourth-order valence-electron chi connectivity index (χ4n) is 8.09. The third-order valence-corrected chi connectivity index (χ3v) is 16.4. The van der Waals surface area contributed by atoms with Crippen molar-refractivity contribution >= 4 is 21.8 Å². The zero-order valence-electron chi connectivity index (χ0n) is 25.3. The van der Waals surface area contributed by atoms with Gasteiger partial charge in [-0.15, -0.1) is 0 Å². The summed E-state index contributed by atoms with van der Waals surface area (Å²) >= 11 is -1.59. The molecule has 10 rings (SSSR count). The molecule has 0 spiro atoms. The van der Waals surface area contributed by atoms with Crippen molar-refractivity contribution in [3.63, 3.8) is 0 Å². The van der Waals surface area contributed by atoms with Gasteiger partial charge in [0.05, 0.1) is 0 Å². The first-order valence-corrected chi connectivity index (χ1v) is 19.9. The Kier molecular flexibility index (Phi) is 7.60. The van der Waals surface area contributed by atoms with Gasteiger partial charge in [-0.2, -0.15) is 0 Å². The van der Waals surface area contributed by atoms with Crippen molar-refractivity contribution in [2.24, 2.45) is 0 Å². The first-order valence-electron chi connectivity index (χ1n) is 15.7. The molecule has 0 N–H and O–H groups in total. The van der Waals surface area contributed by atoms with Gasteiger partial charge in [-0.05, 0) is 0 Å². The SMILES string of the molecule is [Cl-].[Cl-].c1ccc(-n2c3c(c4ccccc42)-c2ccccc2[CH]3[Hf+2][CH]2c3ccccc3-c3c2n(-c2ccccc2)c2ccccc32)cc1. The van der Waals surface area contributed by atoms with E-state index in [2.05, 4.69) is 167 Å². The maximum absolute atomic E-state index is 2.59. The van der Waals surface area contributed by atoms with Crippen LogP contribution in [0.5, 0.6) is 0 Å². The van der Waals surface area contributed by atoms with E-state index < -0.39 is 22.9 Å². The third kappa shape index (κ3) is 4.33. The van der Waals surface area contributed by atoms with Gasteiger partial charge in [-0.3, -0.25) is 0 Å². The van der Waals surface area contributed by atoms with Crippen LogP contribution in [-0.2, 0) is 22.9 Å². The molecule has 224 valence electrons. The minimum atomic E-state index is -1.59. The average Bonchev–Trinajstić information content (AvgIpc) is 3.81. The molecule has 0 radical (unpaired) electrons. The summed E-state index contributed by atoms with van der Waals surface area (Å²) in [5.41, 5.74) is 16.9. The molecule has 2 atom stereocenters. The molecule has 2 aliphatic carbocycles. The summed E-state index contributed by atoms with van der Waals surface area (Å²) in [6.45, 7) is 0. The van der Waals surface area contributed by atoms with E-state index in [0.29, 0.717) is 7.35 Å². The van der Waals surface area contributed by atoms with Crippen molar-refractivity contribution in [2.45, 2.75) is 7.35 Å². The van der Waals surface area contributed by atoms with Crippen molar-refractivity contribution in [3.05, 3.63) is 180 Å². The van der Waals surface area contributed by atoms with Gasteiger partial charge >= 0.3 is 275 Å². The van der Waals surface area contributed by atoms with Crippen LogP contribution in [0.25, 0.3) is 55.4 Å². The Morgan fingerprint density at radius 3 is 1.19 bits per heavy atom. The predicted octanol–water partition coefficient (Wildman–Crippen LogP) is 4.50. The molecular formula is C42H28Cl2HfN2. The normalized spacial score (nSPS) is 15.2. The van der Waals surface area contributed by atoms with Crippen molar-refractivity contribution < 1.29 is 47.7 Å². The molecule has 8 aromatic rings. The molecule has 2 heterocycles. The van der Waals surface area contributed by atoms with Gasteiger partial charge in [0.25, 0.3) is 0 Å². The number of hydrogen-bond acceptors (Lipinski definition) is 0. The average molecular weight is 810 g/mol. The molecule has 47 heavy (non-hydrogen) atoms. The Morgan fingerprint density at radius 1 is 0.383 bits per heavy atom. The summed E-state index contributed by atoms with van der Waals surface area (Å²) < 4.78 is 6.04. The van der Waals surface area contributed by atoms with Crippen LogP contribution in [0.3, 0.4) is 0 Å². The molecule has 2 nitrogen and oxygen atoms in total. The van der Waals surface area contributed by atoms with E-state index in [1.54, 1.807) is 0 Å². The second-order valence-corrected chi connectivity index (χ2v) is 17.4. The second-order valence-electron chi connectivity index (χ2n) is 12.1. The third-order valence-electron chi connectivity index (χ3n) is 9.81. The Hall–Kier alpha value is -4.15. The summed E-state index contributed by atoms with van der Waals surface area (Å²) in [5, 5.41) is 2.72. The maximum atomic E-state index is 2.59. The summed E-state index contributed by atoms with van der Waals surface area (Å²) in [6.07, 6.45) is 0.